The van der Waals surface area contributed by atoms with Gasteiger partial charge in [0.2, 0.25) is 0 Å². The first kappa shape index (κ1) is 15.9. The Morgan fingerprint density at radius 2 is 2.29 bits per heavy atom. The van der Waals surface area contributed by atoms with Crippen molar-refractivity contribution in [3.63, 3.8) is 0 Å². The number of aromatic nitrogens is 2. The van der Waals surface area contributed by atoms with E-state index < -0.39 is 0 Å². The molecule has 1 saturated heterocycles. The Morgan fingerprint density at radius 3 is 3.00 bits per heavy atom. The van der Waals surface area contributed by atoms with Gasteiger partial charge in [0, 0.05) is 42.3 Å². The molecule has 1 aliphatic heterocycles. The number of hydrogen-bond donors (Lipinski definition) is 5. The first-order valence-electron chi connectivity index (χ1n) is 7.67. The van der Waals surface area contributed by atoms with Crippen molar-refractivity contribution in [3.8, 4) is 0 Å². The number of hydrogen-bond acceptors (Lipinski definition) is 6. The Hall–Kier alpha value is -3.00. The van der Waals surface area contributed by atoms with Gasteiger partial charge in [-0.25, -0.2) is 9.78 Å². The van der Waals surface area contributed by atoms with E-state index in [1.54, 1.807) is 24.4 Å². The fourth-order valence-corrected chi connectivity index (χ4v) is 2.58. The lowest BCUT2D eigenvalue weighted by Gasteiger charge is -2.12. The highest BCUT2D eigenvalue weighted by Crippen LogP contribution is 2.18. The van der Waals surface area contributed by atoms with Crippen molar-refractivity contribution in [1.82, 2.24) is 20.6 Å². The van der Waals surface area contributed by atoms with Gasteiger partial charge in [-0.15, -0.1) is 0 Å². The van der Waals surface area contributed by atoms with Gasteiger partial charge in [-0.3, -0.25) is 10.3 Å². The maximum Gasteiger partial charge on any atom is 0.320 e. The fraction of sp³-hybridized carbons (Fsp3) is 0.250. The predicted octanol–water partition coefficient (Wildman–Crippen LogP) is 1.06. The van der Waals surface area contributed by atoms with E-state index in [2.05, 4.69) is 25.9 Å². The number of nitrogens with two attached hydrogens (primary N) is 1. The van der Waals surface area contributed by atoms with Gasteiger partial charge in [-0.1, -0.05) is 0 Å². The van der Waals surface area contributed by atoms with Gasteiger partial charge in [0.25, 0.3) is 0 Å². The van der Waals surface area contributed by atoms with E-state index in [-0.39, 0.29) is 12.1 Å². The van der Waals surface area contributed by atoms with Crippen LogP contribution in [0.5, 0.6) is 0 Å². The number of rotatable bonds is 4. The molecule has 0 unspecified atom stereocenters. The minimum absolute atomic E-state index is 0.142. The zero-order chi connectivity index (χ0) is 16.9. The summed E-state index contributed by atoms with van der Waals surface area (Å²) in [5.41, 5.74) is 8.07. The maximum atomic E-state index is 12.0. The third-order valence-corrected chi connectivity index (χ3v) is 3.84. The van der Waals surface area contributed by atoms with Crippen LogP contribution in [0.3, 0.4) is 0 Å². The van der Waals surface area contributed by atoms with Crippen LogP contribution >= 0.6 is 0 Å². The summed E-state index contributed by atoms with van der Waals surface area (Å²) < 4.78 is 0. The average molecular weight is 325 g/mol. The largest absolute Gasteiger partial charge is 0.404 e. The standard InChI is InChI=1S/C16H19N7O/c17-6-11(7-18)10-5-14-13(20-8-10)1-2-15(22-14)23-16(24)21-12-3-4-19-9-12/h1-2,5-8,12,17,19H,3-4,9,18H2,(H2,21,22,23,24)/b11-7+,17-6?/t12-/m1/s1. The van der Waals surface area contributed by atoms with Gasteiger partial charge < -0.3 is 21.8 Å². The number of urea groups is 1. The molecular formula is C16H19N7O. The molecule has 2 aromatic rings. The fourth-order valence-electron chi connectivity index (χ4n) is 2.58. The molecule has 0 aliphatic carbocycles. The van der Waals surface area contributed by atoms with Crippen molar-refractivity contribution in [2.24, 2.45) is 5.73 Å². The summed E-state index contributed by atoms with van der Waals surface area (Å²) in [7, 11) is 0. The van der Waals surface area contributed by atoms with Gasteiger partial charge >= 0.3 is 6.03 Å². The second kappa shape index (κ2) is 7.05. The molecular weight excluding hydrogens is 306 g/mol. The lowest BCUT2D eigenvalue weighted by atomic mass is 10.1. The molecule has 24 heavy (non-hydrogen) atoms. The van der Waals surface area contributed by atoms with E-state index in [9.17, 15) is 4.79 Å². The number of fused-ring (bicyclic) bond motifs is 1. The van der Waals surface area contributed by atoms with Crippen molar-refractivity contribution in [1.29, 1.82) is 5.41 Å². The Balaban J connectivity index is 1.78. The van der Waals surface area contributed by atoms with Crippen LogP contribution in [-0.2, 0) is 0 Å². The van der Waals surface area contributed by atoms with Crippen LogP contribution in [0.1, 0.15) is 12.0 Å². The summed E-state index contributed by atoms with van der Waals surface area (Å²) in [5, 5.41) is 16.2. The Bertz CT molecular complexity index is 796. The van der Waals surface area contributed by atoms with Gasteiger partial charge in [-0.2, -0.15) is 0 Å². The number of carbonyl (C=O) groups excluding carboxylic acids is 1. The van der Waals surface area contributed by atoms with Crippen LogP contribution in [-0.4, -0.2) is 41.3 Å². The molecule has 8 heteroatoms. The molecule has 124 valence electrons. The molecule has 0 radical (unpaired) electrons. The van der Waals surface area contributed by atoms with Crippen molar-refractivity contribution in [3.05, 3.63) is 36.2 Å². The highest BCUT2D eigenvalue weighted by atomic mass is 16.2. The number of nitrogens with zero attached hydrogens (tertiary/aromatic N) is 2. The van der Waals surface area contributed by atoms with Crippen molar-refractivity contribution >= 4 is 34.7 Å². The Morgan fingerprint density at radius 1 is 1.42 bits per heavy atom. The summed E-state index contributed by atoms with van der Waals surface area (Å²) in [6.45, 7) is 1.70. The zero-order valence-electron chi connectivity index (χ0n) is 13.0. The summed E-state index contributed by atoms with van der Waals surface area (Å²) in [6, 6.07) is 5.15. The lowest BCUT2D eigenvalue weighted by Crippen LogP contribution is -2.39. The van der Waals surface area contributed by atoms with Crippen LogP contribution in [0.4, 0.5) is 10.6 Å². The molecule has 0 bridgehead atoms. The lowest BCUT2D eigenvalue weighted by molar-refractivity contribution is 0.249. The molecule has 8 nitrogen and oxygen atoms in total. The highest BCUT2D eigenvalue weighted by Gasteiger charge is 2.16. The third kappa shape index (κ3) is 3.49. The van der Waals surface area contributed by atoms with E-state index in [4.69, 9.17) is 11.1 Å². The minimum Gasteiger partial charge on any atom is -0.404 e. The normalized spacial score (nSPS) is 17.7. The highest BCUT2D eigenvalue weighted by molar-refractivity contribution is 6.08. The van der Waals surface area contributed by atoms with Crippen LogP contribution in [0.15, 0.2) is 30.6 Å². The molecule has 0 spiro atoms. The summed E-state index contributed by atoms with van der Waals surface area (Å²) >= 11 is 0. The molecule has 2 amide bonds. The van der Waals surface area contributed by atoms with Gasteiger partial charge in [-0.05, 0) is 31.2 Å². The van der Waals surface area contributed by atoms with Gasteiger partial charge in [0.05, 0.1) is 11.0 Å². The van der Waals surface area contributed by atoms with Gasteiger partial charge in [0.15, 0.2) is 0 Å². The molecule has 2 aromatic heterocycles. The molecule has 1 atom stereocenters. The smallest absolute Gasteiger partial charge is 0.320 e. The predicted molar refractivity (Wildman–Crippen MR) is 93.9 cm³/mol. The molecule has 0 aromatic carbocycles. The van der Waals surface area contributed by atoms with E-state index in [1.807, 2.05) is 0 Å². The van der Waals surface area contributed by atoms with E-state index in [0.717, 1.165) is 25.7 Å². The van der Waals surface area contributed by atoms with Crippen molar-refractivity contribution in [2.45, 2.75) is 12.5 Å². The van der Waals surface area contributed by atoms with Crippen molar-refractivity contribution < 1.29 is 4.79 Å². The van der Waals surface area contributed by atoms with Gasteiger partial charge in [0.1, 0.15) is 5.82 Å². The number of carbonyl (C=O) groups is 1. The minimum atomic E-state index is -0.276. The second-order valence-electron chi connectivity index (χ2n) is 5.51. The molecule has 3 rings (SSSR count). The summed E-state index contributed by atoms with van der Waals surface area (Å²) in [6.07, 6.45) is 5.07. The monoisotopic (exact) mass is 325 g/mol. The average Bonchev–Trinajstić information content (AvgIpc) is 3.08. The number of nitrogens with one attached hydrogen (secondary N) is 4. The topological polar surface area (TPSA) is 129 Å². The Labute approximate surface area is 139 Å². The van der Waals surface area contributed by atoms with Crippen molar-refractivity contribution in [2.75, 3.05) is 18.4 Å². The zero-order valence-corrected chi connectivity index (χ0v) is 13.0. The summed E-state index contributed by atoms with van der Waals surface area (Å²) in [4.78, 5) is 20.7. The summed E-state index contributed by atoms with van der Waals surface area (Å²) in [5.74, 6) is 0.443. The molecule has 6 N–H and O–H groups in total. The number of pyridine rings is 2. The molecule has 1 aliphatic rings. The molecule has 3 heterocycles. The second-order valence-corrected chi connectivity index (χ2v) is 5.51. The maximum absolute atomic E-state index is 12.0. The Kier molecular flexibility index (Phi) is 4.66. The van der Waals surface area contributed by atoms with Crippen LogP contribution in [0.25, 0.3) is 16.6 Å². The van der Waals surface area contributed by atoms with Crippen LogP contribution in [0, 0.1) is 5.41 Å². The SMILES string of the molecule is N=C/C(=C\N)c1cnc2ccc(NC(=O)N[C@@H]3CCNC3)nc2c1. The van der Waals surface area contributed by atoms with Crippen LogP contribution < -0.4 is 21.7 Å². The van der Waals surface area contributed by atoms with E-state index in [1.165, 1.54) is 6.20 Å². The molecule has 1 fully saturated rings. The number of allylic oxidation sites excluding steroid dienone is 1. The van der Waals surface area contributed by atoms with E-state index in [0.29, 0.717) is 28.0 Å². The first-order chi connectivity index (χ1) is 11.7. The van der Waals surface area contributed by atoms with E-state index >= 15 is 0 Å². The first-order valence-corrected chi connectivity index (χ1v) is 7.67. The molecule has 0 saturated carbocycles. The third-order valence-electron chi connectivity index (χ3n) is 3.84. The quantitative estimate of drug-likeness (QED) is 0.537. The number of amides is 2. The van der Waals surface area contributed by atoms with Crippen LogP contribution in [0.2, 0.25) is 0 Å². The number of anilines is 1.